The summed E-state index contributed by atoms with van der Waals surface area (Å²) in [6, 6.07) is 4.18. The zero-order valence-electron chi connectivity index (χ0n) is 16.8. The lowest BCUT2D eigenvalue weighted by molar-refractivity contribution is -0.149. The maximum Gasteiger partial charge on any atom is 0.326 e. The number of nitrogens with zero attached hydrogens (tertiary/aromatic N) is 2. The van der Waals surface area contributed by atoms with Crippen LogP contribution in [0.1, 0.15) is 43.6 Å². The number of aromatic nitrogens is 1. The van der Waals surface area contributed by atoms with E-state index in [1.165, 1.54) is 17.0 Å². The van der Waals surface area contributed by atoms with Gasteiger partial charge in [-0.3, -0.25) is 9.59 Å². The van der Waals surface area contributed by atoms with Crippen molar-refractivity contribution in [2.24, 2.45) is 13.0 Å². The maximum absolute atomic E-state index is 13.5. The topological polar surface area (TPSA) is 91.6 Å². The van der Waals surface area contributed by atoms with Crippen LogP contribution in [0.15, 0.2) is 24.3 Å². The first-order valence-corrected chi connectivity index (χ1v) is 9.83. The number of halogens is 1. The third-order valence-corrected chi connectivity index (χ3v) is 5.82. The number of aryl methyl sites for hydroxylation is 1. The van der Waals surface area contributed by atoms with Crippen molar-refractivity contribution in [1.82, 2.24) is 14.8 Å². The molecule has 0 aliphatic carbocycles. The van der Waals surface area contributed by atoms with E-state index in [1.807, 2.05) is 13.8 Å². The van der Waals surface area contributed by atoms with E-state index in [9.17, 15) is 23.9 Å². The summed E-state index contributed by atoms with van der Waals surface area (Å²) in [7, 11) is 1.70. The number of carbonyl (C=O) groups excluding carboxylic acids is 2. The van der Waals surface area contributed by atoms with Crippen molar-refractivity contribution in [2.45, 2.75) is 45.2 Å². The first-order valence-electron chi connectivity index (χ1n) is 9.83. The molecule has 2 aromatic rings. The lowest BCUT2D eigenvalue weighted by Gasteiger charge is -2.30. The van der Waals surface area contributed by atoms with E-state index < -0.39 is 29.8 Å². The molecule has 0 spiro atoms. The summed E-state index contributed by atoms with van der Waals surface area (Å²) < 4.78 is 15.2. The molecule has 0 saturated carbocycles. The Balaban J connectivity index is 1.87. The molecule has 2 N–H and O–H groups in total. The lowest BCUT2D eigenvalue weighted by Crippen LogP contribution is -2.54. The Bertz CT molecular complexity index is 955. The van der Waals surface area contributed by atoms with Crippen LogP contribution in [0.2, 0.25) is 0 Å². The summed E-state index contributed by atoms with van der Waals surface area (Å²) in [6.45, 7) is 4.13. The summed E-state index contributed by atoms with van der Waals surface area (Å²) in [6.07, 6.45) is 1.68. The normalized spacial score (nSPS) is 18.6. The molecular formula is C21H26FN3O4. The van der Waals surface area contributed by atoms with Crippen LogP contribution in [-0.4, -0.2) is 51.0 Å². The Morgan fingerprint density at radius 2 is 2.03 bits per heavy atom. The smallest absolute Gasteiger partial charge is 0.326 e. The van der Waals surface area contributed by atoms with Crippen LogP contribution in [0.4, 0.5) is 4.39 Å². The zero-order valence-corrected chi connectivity index (χ0v) is 16.8. The highest BCUT2D eigenvalue weighted by molar-refractivity contribution is 6.01. The van der Waals surface area contributed by atoms with Gasteiger partial charge in [-0.05, 0) is 43.0 Å². The van der Waals surface area contributed by atoms with Crippen LogP contribution in [0.5, 0.6) is 0 Å². The number of carboxylic acids is 1. The van der Waals surface area contributed by atoms with Gasteiger partial charge in [-0.15, -0.1) is 0 Å². The second kappa shape index (κ2) is 8.23. The van der Waals surface area contributed by atoms with Crippen LogP contribution < -0.4 is 5.32 Å². The predicted octanol–water partition coefficient (Wildman–Crippen LogP) is 2.54. The van der Waals surface area contributed by atoms with Crippen molar-refractivity contribution in [3.05, 3.63) is 35.8 Å². The van der Waals surface area contributed by atoms with Gasteiger partial charge in [-0.1, -0.05) is 20.3 Å². The van der Waals surface area contributed by atoms with Gasteiger partial charge in [0.25, 0.3) is 5.91 Å². The SMILES string of the molecule is CCC(C)C(NC(=O)c1cc2cc(F)ccc2n1C)C(=O)N1CCCC1C(=O)O. The number of hydrogen-bond donors (Lipinski definition) is 2. The number of likely N-dealkylation sites (tertiary alicyclic amines) is 1. The van der Waals surface area contributed by atoms with Crippen LogP contribution in [-0.2, 0) is 16.6 Å². The zero-order chi connectivity index (χ0) is 21.3. The largest absolute Gasteiger partial charge is 0.480 e. The highest BCUT2D eigenvalue weighted by Gasteiger charge is 2.39. The minimum Gasteiger partial charge on any atom is -0.480 e. The van der Waals surface area contributed by atoms with E-state index in [0.29, 0.717) is 42.4 Å². The number of hydrogen-bond acceptors (Lipinski definition) is 3. The molecule has 7 nitrogen and oxygen atoms in total. The van der Waals surface area contributed by atoms with Gasteiger partial charge in [0.05, 0.1) is 0 Å². The number of amides is 2. The van der Waals surface area contributed by atoms with Crippen molar-refractivity contribution in [3.8, 4) is 0 Å². The molecule has 1 fully saturated rings. The minimum absolute atomic E-state index is 0.173. The summed E-state index contributed by atoms with van der Waals surface area (Å²) in [4.78, 5) is 38.9. The van der Waals surface area contributed by atoms with Gasteiger partial charge >= 0.3 is 5.97 Å². The molecule has 1 aromatic heterocycles. The average Bonchev–Trinajstić information content (AvgIpc) is 3.30. The molecule has 156 valence electrons. The number of fused-ring (bicyclic) bond motifs is 1. The fraction of sp³-hybridized carbons (Fsp3) is 0.476. The van der Waals surface area contributed by atoms with Crippen molar-refractivity contribution >= 4 is 28.7 Å². The Morgan fingerprint density at radius 1 is 1.31 bits per heavy atom. The van der Waals surface area contributed by atoms with E-state index in [4.69, 9.17) is 0 Å². The third kappa shape index (κ3) is 3.97. The molecule has 3 unspecified atom stereocenters. The van der Waals surface area contributed by atoms with E-state index >= 15 is 0 Å². The van der Waals surface area contributed by atoms with Crippen molar-refractivity contribution in [1.29, 1.82) is 0 Å². The average molecular weight is 403 g/mol. The van der Waals surface area contributed by atoms with E-state index in [0.717, 1.165) is 0 Å². The summed E-state index contributed by atoms with van der Waals surface area (Å²) in [5.74, 6) is -2.41. The van der Waals surface area contributed by atoms with Crippen LogP contribution in [0.3, 0.4) is 0 Å². The first kappa shape index (κ1) is 20.8. The van der Waals surface area contributed by atoms with E-state index in [-0.39, 0.29) is 11.8 Å². The molecule has 1 saturated heterocycles. The van der Waals surface area contributed by atoms with Crippen LogP contribution >= 0.6 is 0 Å². The Hall–Kier alpha value is -2.90. The molecule has 3 atom stereocenters. The van der Waals surface area contributed by atoms with Crippen molar-refractivity contribution < 1.29 is 23.9 Å². The Morgan fingerprint density at radius 3 is 2.69 bits per heavy atom. The fourth-order valence-corrected chi connectivity index (χ4v) is 3.90. The number of nitrogens with one attached hydrogen (secondary N) is 1. The molecule has 0 radical (unpaired) electrons. The van der Waals surface area contributed by atoms with Crippen molar-refractivity contribution in [2.75, 3.05) is 6.54 Å². The quantitative estimate of drug-likeness (QED) is 0.775. The van der Waals surface area contributed by atoms with Gasteiger partial charge in [0.2, 0.25) is 5.91 Å². The molecular weight excluding hydrogens is 377 g/mol. The molecule has 8 heteroatoms. The molecule has 1 aliphatic rings. The molecule has 0 bridgehead atoms. The van der Waals surface area contributed by atoms with E-state index in [1.54, 1.807) is 23.7 Å². The molecule has 3 rings (SSSR count). The molecule has 1 aromatic carbocycles. The number of rotatable bonds is 6. The second-order valence-electron chi connectivity index (χ2n) is 7.66. The number of carbonyl (C=O) groups is 3. The van der Waals surface area contributed by atoms with Gasteiger partial charge in [0, 0.05) is 24.5 Å². The monoisotopic (exact) mass is 403 g/mol. The molecule has 29 heavy (non-hydrogen) atoms. The fourth-order valence-electron chi connectivity index (χ4n) is 3.90. The summed E-state index contributed by atoms with van der Waals surface area (Å²) in [5, 5.41) is 12.8. The van der Waals surface area contributed by atoms with Crippen LogP contribution in [0.25, 0.3) is 10.9 Å². The lowest BCUT2D eigenvalue weighted by atomic mass is 9.97. The standard InChI is InChI=1S/C21H26FN3O4/c1-4-12(2)18(20(27)25-9-5-6-16(25)21(28)29)23-19(26)17-11-13-10-14(22)7-8-15(13)24(17)3/h7-8,10-12,16,18H,4-6,9H2,1-3H3,(H,23,26)(H,28,29). The van der Waals surface area contributed by atoms with Gasteiger partial charge in [-0.25, -0.2) is 9.18 Å². The highest BCUT2D eigenvalue weighted by Crippen LogP contribution is 2.23. The van der Waals surface area contributed by atoms with Gasteiger partial charge < -0.3 is 19.9 Å². The van der Waals surface area contributed by atoms with Crippen molar-refractivity contribution in [3.63, 3.8) is 0 Å². The minimum atomic E-state index is -1.03. The summed E-state index contributed by atoms with van der Waals surface area (Å²) in [5.41, 5.74) is 1.01. The van der Waals surface area contributed by atoms with Gasteiger partial charge in [0.15, 0.2) is 0 Å². The highest BCUT2D eigenvalue weighted by atomic mass is 19.1. The second-order valence-corrected chi connectivity index (χ2v) is 7.66. The Labute approximate surface area is 168 Å². The predicted molar refractivity (Wildman–Crippen MR) is 106 cm³/mol. The summed E-state index contributed by atoms with van der Waals surface area (Å²) >= 11 is 0. The first-order chi connectivity index (χ1) is 13.7. The van der Waals surface area contributed by atoms with Gasteiger partial charge in [0.1, 0.15) is 23.6 Å². The number of aliphatic carboxylic acids is 1. The maximum atomic E-state index is 13.5. The molecule has 1 aliphatic heterocycles. The molecule has 2 heterocycles. The third-order valence-electron chi connectivity index (χ3n) is 5.82. The van der Waals surface area contributed by atoms with Gasteiger partial charge in [-0.2, -0.15) is 0 Å². The molecule has 2 amide bonds. The Kier molecular flexibility index (Phi) is 5.91. The number of benzene rings is 1. The van der Waals surface area contributed by atoms with E-state index in [2.05, 4.69) is 5.32 Å². The van der Waals surface area contributed by atoms with Crippen LogP contribution in [0, 0.1) is 11.7 Å². The number of carboxylic acid groups (broad SMARTS) is 1.